The Morgan fingerprint density at radius 3 is 2.49 bits per heavy atom. The molecule has 0 saturated carbocycles. The van der Waals surface area contributed by atoms with Crippen LogP contribution in [-0.2, 0) is 9.53 Å². The van der Waals surface area contributed by atoms with E-state index in [9.17, 15) is 22.8 Å². The van der Waals surface area contributed by atoms with Gasteiger partial charge in [-0.1, -0.05) is 52.6 Å². The lowest BCUT2D eigenvalue weighted by Crippen LogP contribution is -2.41. The molecule has 13 heteroatoms. The molecule has 3 aromatic rings. The van der Waals surface area contributed by atoms with E-state index in [0.717, 1.165) is 15.9 Å². The Morgan fingerprint density at radius 2 is 1.88 bits per heavy atom. The summed E-state index contributed by atoms with van der Waals surface area (Å²) in [6.07, 6.45) is 1.69. The van der Waals surface area contributed by atoms with Gasteiger partial charge in [0.25, 0.3) is 5.56 Å². The molecule has 0 saturated heterocycles. The number of fused-ring (bicyclic) bond motifs is 1. The number of esters is 1. The first-order valence-electron chi connectivity index (χ1n) is 12.1. The normalized spacial score (nSPS) is 15.2. The van der Waals surface area contributed by atoms with Crippen LogP contribution in [0.3, 0.4) is 0 Å². The van der Waals surface area contributed by atoms with Crippen molar-refractivity contribution >= 4 is 46.6 Å². The highest BCUT2D eigenvalue weighted by molar-refractivity contribution is 7.07. The molecule has 0 amide bonds. The minimum Gasteiger partial charge on any atom is -0.490 e. The van der Waals surface area contributed by atoms with Gasteiger partial charge < -0.3 is 14.2 Å². The maximum Gasteiger partial charge on any atom is 0.434 e. The van der Waals surface area contributed by atoms with Crippen LogP contribution in [0.4, 0.5) is 13.2 Å². The van der Waals surface area contributed by atoms with Gasteiger partial charge in [0, 0.05) is 5.02 Å². The lowest BCUT2D eigenvalue weighted by Gasteiger charge is -2.26. The Labute approximate surface area is 246 Å². The maximum absolute atomic E-state index is 14.3. The minimum absolute atomic E-state index is 0.0326. The zero-order valence-electron chi connectivity index (χ0n) is 21.6. The first kappa shape index (κ1) is 30.2. The number of rotatable bonds is 8. The van der Waals surface area contributed by atoms with Crippen LogP contribution in [0, 0.1) is 12.3 Å². The number of carbonyl (C=O) groups excluding carboxylic acids is 1. The maximum atomic E-state index is 14.3. The van der Waals surface area contributed by atoms with Crippen molar-refractivity contribution in [3.63, 3.8) is 0 Å². The monoisotopic (exact) mass is 624 g/mol. The second kappa shape index (κ2) is 12.4. The number of hydrogen-bond acceptors (Lipinski definition) is 7. The highest BCUT2D eigenvalue weighted by atomic mass is 35.5. The average Bonchev–Trinajstić information content (AvgIpc) is 3.22. The number of allylic oxidation sites excluding steroid dienone is 1. The van der Waals surface area contributed by atoms with Crippen molar-refractivity contribution in [2.24, 2.45) is 4.99 Å². The Bertz CT molecular complexity index is 1740. The molecule has 1 aromatic heterocycles. The third-order valence-corrected chi connectivity index (χ3v) is 7.23. The number of alkyl halides is 3. The van der Waals surface area contributed by atoms with Crippen molar-refractivity contribution in [1.29, 1.82) is 0 Å². The summed E-state index contributed by atoms with van der Waals surface area (Å²) in [6, 6.07) is 7.34. The predicted molar refractivity (Wildman–Crippen MR) is 149 cm³/mol. The molecule has 2 heterocycles. The quantitative estimate of drug-likeness (QED) is 0.259. The summed E-state index contributed by atoms with van der Waals surface area (Å²) in [5, 5.41) is 0.462. The second-order valence-corrected chi connectivity index (χ2v) is 10.2. The lowest BCUT2D eigenvalue weighted by molar-refractivity contribution is -0.140. The Hall–Kier alpha value is -3.72. The third kappa shape index (κ3) is 6.30. The molecular weight excluding hydrogens is 604 g/mol. The molecule has 1 aliphatic rings. The van der Waals surface area contributed by atoms with Crippen molar-refractivity contribution in [3.8, 4) is 23.8 Å². The number of halogens is 5. The molecule has 0 aliphatic carbocycles. The van der Waals surface area contributed by atoms with Crippen molar-refractivity contribution in [2.75, 3.05) is 19.8 Å². The molecule has 1 aliphatic heterocycles. The predicted octanol–water partition coefficient (Wildman–Crippen LogP) is 5.06. The summed E-state index contributed by atoms with van der Waals surface area (Å²) >= 11 is 13.1. The van der Waals surface area contributed by atoms with E-state index in [0.29, 0.717) is 10.6 Å². The van der Waals surface area contributed by atoms with E-state index in [1.165, 1.54) is 43.3 Å². The van der Waals surface area contributed by atoms with Crippen molar-refractivity contribution in [3.05, 3.63) is 88.5 Å². The van der Waals surface area contributed by atoms with Gasteiger partial charge in [0.1, 0.15) is 6.61 Å². The van der Waals surface area contributed by atoms with Gasteiger partial charge in [0.05, 0.1) is 34.4 Å². The molecule has 7 nitrogen and oxygen atoms in total. The first-order chi connectivity index (χ1) is 19.5. The van der Waals surface area contributed by atoms with Crippen LogP contribution in [0.5, 0.6) is 11.5 Å². The molecule has 0 spiro atoms. The molecule has 214 valence electrons. The number of thiazole rings is 1. The van der Waals surface area contributed by atoms with Crippen LogP contribution in [0.15, 0.2) is 57.5 Å². The van der Waals surface area contributed by atoms with Gasteiger partial charge in [-0.25, -0.2) is 9.79 Å². The molecule has 4 rings (SSSR count). The number of terminal acetylenes is 1. The van der Waals surface area contributed by atoms with Gasteiger partial charge in [-0.2, -0.15) is 13.2 Å². The molecule has 2 aromatic carbocycles. The van der Waals surface area contributed by atoms with E-state index in [2.05, 4.69) is 10.9 Å². The number of aromatic nitrogens is 1. The van der Waals surface area contributed by atoms with E-state index in [-0.39, 0.29) is 51.2 Å². The van der Waals surface area contributed by atoms with Crippen LogP contribution in [0.1, 0.15) is 31.0 Å². The number of carbonyl (C=O) groups is 1. The molecular formula is C28H21Cl2F3N2O5S. The van der Waals surface area contributed by atoms with Crippen molar-refractivity contribution in [2.45, 2.75) is 26.1 Å². The van der Waals surface area contributed by atoms with Crippen molar-refractivity contribution < 1.29 is 32.2 Å². The van der Waals surface area contributed by atoms with Gasteiger partial charge in [0.2, 0.25) is 0 Å². The average molecular weight is 625 g/mol. The van der Waals surface area contributed by atoms with Crippen molar-refractivity contribution in [1.82, 2.24) is 4.57 Å². The number of nitrogens with zero attached hydrogens (tertiary/aromatic N) is 2. The van der Waals surface area contributed by atoms with E-state index in [1.807, 2.05) is 0 Å². The Kier molecular flexibility index (Phi) is 9.17. The summed E-state index contributed by atoms with van der Waals surface area (Å²) in [4.78, 5) is 30.1. The van der Waals surface area contributed by atoms with E-state index < -0.39 is 35.0 Å². The smallest absolute Gasteiger partial charge is 0.434 e. The number of benzene rings is 2. The Balaban J connectivity index is 1.99. The van der Waals surface area contributed by atoms with Crippen LogP contribution < -0.4 is 24.4 Å². The van der Waals surface area contributed by atoms with E-state index in [4.69, 9.17) is 43.8 Å². The SMILES string of the molecule is C#CCOc1c(Cl)cc(/C=c2\sc3n(c2=O)[C@@H](c2ccc(Cl)cc2)C(C(=O)OCC)=C(C(F)(F)F)N=3)cc1OCC. The standard InChI is InChI=1S/C28H21Cl2F3N2O5S/c1-4-11-40-23-18(30)12-15(13-19(23)38-5-2)14-20-25(36)35-22(16-7-9-17(29)10-8-16)21(26(37)39-6-3)24(28(31,32)33)34-27(35)41-20/h1,7-10,12-14,22H,5-6,11H2,2-3H3/b20-14-/t22-/m0/s1. The molecule has 0 radical (unpaired) electrons. The minimum atomic E-state index is -5.02. The number of hydrogen-bond donors (Lipinski definition) is 0. The van der Waals surface area contributed by atoms with Crippen LogP contribution in [-0.4, -0.2) is 36.5 Å². The lowest BCUT2D eigenvalue weighted by atomic mass is 9.95. The first-order valence-corrected chi connectivity index (χ1v) is 13.7. The topological polar surface area (TPSA) is 79.1 Å². The van der Waals surface area contributed by atoms with Gasteiger partial charge in [-0.3, -0.25) is 9.36 Å². The van der Waals surface area contributed by atoms with Gasteiger partial charge in [-0.05, 0) is 55.3 Å². The molecule has 0 fully saturated rings. The summed E-state index contributed by atoms with van der Waals surface area (Å²) < 4.78 is 59.9. The van der Waals surface area contributed by atoms with Crippen LogP contribution in [0.25, 0.3) is 6.08 Å². The summed E-state index contributed by atoms with van der Waals surface area (Å²) in [5.41, 5.74) is -2.32. The van der Waals surface area contributed by atoms with Gasteiger partial charge in [-0.15, -0.1) is 6.42 Å². The van der Waals surface area contributed by atoms with Gasteiger partial charge >= 0.3 is 12.1 Å². The summed E-state index contributed by atoms with van der Waals surface area (Å²) in [7, 11) is 0. The molecule has 0 unspecified atom stereocenters. The fourth-order valence-electron chi connectivity index (χ4n) is 4.14. The third-order valence-electron chi connectivity index (χ3n) is 5.71. The molecule has 41 heavy (non-hydrogen) atoms. The second-order valence-electron chi connectivity index (χ2n) is 8.37. The summed E-state index contributed by atoms with van der Waals surface area (Å²) in [6.45, 7) is 3.23. The van der Waals surface area contributed by atoms with Gasteiger partial charge in [0.15, 0.2) is 22.0 Å². The highest BCUT2D eigenvalue weighted by Gasteiger charge is 2.45. The zero-order chi connectivity index (χ0) is 29.9. The van der Waals surface area contributed by atoms with Crippen LogP contribution in [0.2, 0.25) is 10.0 Å². The van der Waals surface area contributed by atoms with E-state index in [1.54, 1.807) is 13.0 Å². The summed E-state index contributed by atoms with van der Waals surface area (Å²) in [5.74, 6) is 1.56. The molecule has 0 bridgehead atoms. The largest absolute Gasteiger partial charge is 0.490 e. The molecule has 1 atom stereocenters. The molecule has 0 N–H and O–H groups in total. The van der Waals surface area contributed by atoms with Crippen LogP contribution >= 0.6 is 34.5 Å². The fourth-order valence-corrected chi connectivity index (χ4v) is 5.54. The fraction of sp³-hybridized carbons (Fsp3) is 0.250. The Morgan fingerprint density at radius 1 is 1.17 bits per heavy atom. The zero-order valence-corrected chi connectivity index (χ0v) is 23.9. The highest BCUT2D eigenvalue weighted by Crippen LogP contribution is 2.39. The number of ether oxygens (including phenoxy) is 3. The van der Waals surface area contributed by atoms with E-state index >= 15 is 0 Å².